The summed E-state index contributed by atoms with van der Waals surface area (Å²) in [6, 6.07) is 6.67. The minimum atomic E-state index is -0.474. The summed E-state index contributed by atoms with van der Waals surface area (Å²) in [7, 11) is 0. The van der Waals surface area contributed by atoms with Crippen LogP contribution in [0.5, 0.6) is 0 Å². The zero-order valence-corrected chi connectivity index (χ0v) is 13.7. The summed E-state index contributed by atoms with van der Waals surface area (Å²) in [5.74, 6) is -0.0789. The molecule has 128 valence electrons. The van der Waals surface area contributed by atoms with Crippen molar-refractivity contribution in [3.05, 3.63) is 29.6 Å². The Hall–Kier alpha value is -2.13. The lowest BCUT2D eigenvalue weighted by Crippen LogP contribution is -2.45. The highest BCUT2D eigenvalue weighted by Crippen LogP contribution is 2.27. The number of anilines is 1. The Morgan fingerprint density at radius 1 is 1.42 bits per heavy atom. The van der Waals surface area contributed by atoms with E-state index in [1.54, 1.807) is 12.1 Å². The minimum Gasteiger partial charge on any atom is -0.370 e. The Kier molecular flexibility index (Phi) is 5.31. The summed E-state index contributed by atoms with van der Waals surface area (Å²) < 4.78 is 13.8. The number of rotatable bonds is 4. The largest absolute Gasteiger partial charge is 0.370 e. The maximum absolute atomic E-state index is 13.8. The number of hydrogen-bond acceptors (Lipinski definition) is 4. The first-order valence-corrected chi connectivity index (χ1v) is 8.63. The quantitative estimate of drug-likeness (QED) is 0.883. The number of amides is 1. The van der Waals surface area contributed by atoms with Gasteiger partial charge in [-0.05, 0) is 50.3 Å². The van der Waals surface area contributed by atoms with Crippen LogP contribution in [-0.4, -0.2) is 38.1 Å². The van der Waals surface area contributed by atoms with Gasteiger partial charge in [-0.3, -0.25) is 4.79 Å². The fraction of sp³-hybridized carbons (Fsp3) is 0.556. The number of benzene rings is 1. The summed E-state index contributed by atoms with van der Waals surface area (Å²) in [5.41, 5.74) is 0.767. The Morgan fingerprint density at radius 3 is 3.04 bits per heavy atom. The van der Waals surface area contributed by atoms with E-state index in [2.05, 4.69) is 15.5 Å². The lowest BCUT2D eigenvalue weighted by atomic mass is 9.96. The summed E-state index contributed by atoms with van der Waals surface area (Å²) in [4.78, 5) is 14.2. The summed E-state index contributed by atoms with van der Waals surface area (Å²) in [6.45, 7) is 3.08. The van der Waals surface area contributed by atoms with Crippen LogP contribution in [0.25, 0.3) is 0 Å². The van der Waals surface area contributed by atoms with Gasteiger partial charge in [-0.15, -0.1) is 0 Å². The molecule has 0 spiro atoms. The molecule has 2 heterocycles. The molecule has 2 atom stereocenters. The molecule has 6 heteroatoms. The van der Waals surface area contributed by atoms with E-state index in [-0.39, 0.29) is 17.5 Å². The SMILES string of the molecule is N#Cc1c(F)cccc1N1CCCC(CNC(=O)C2CCCN2)C1. The molecule has 3 rings (SSSR count). The van der Waals surface area contributed by atoms with Gasteiger partial charge in [-0.1, -0.05) is 6.07 Å². The summed E-state index contributed by atoms with van der Waals surface area (Å²) in [5, 5.41) is 15.5. The first-order chi connectivity index (χ1) is 11.7. The van der Waals surface area contributed by atoms with Crippen LogP contribution in [0.3, 0.4) is 0 Å². The van der Waals surface area contributed by atoms with Gasteiger partial charge in [0.2, 0.25) is 5.91 Å². The molecule has 1 aromatic carbocycles. The van der Waals surface area contributed by atoms with Crippen LogP contribution in [0.1, 0.15) is 31.2 Å². The molecule has 2 unspecified atom stereocenters. The average molecular weight is 330 g/mol. The van der Waals surface area contributed by atoms with Crippen LogP contribution in [0.4, 0.5) is 10.1 Å². The van der Waals surface area contributed by atoms with E-state index in [9.17, 15) is 14.4 Å². The molecular weight excluding hydrogens is 307 g/mol. The Bertz CT molecular complexity index is 636. The third kappa shape index (κ3) is 3.68. The zero-order valence-electron chi connectivity index (χ0n) is 13.7. The van der Waals surface area contributed by atoms with Crippen molar-refractivity contribution < 1.29 is 9.18 Å². The van der Waals surface area contributed by atoms with E-state index < -0.39 is 5.82 Å². The van der Waals surface area contributed by atoms with Crippen molar-refractivity contribution >= 4 is 11.6 Å². The first-order valence-electron chi connectivity index (χ1n) is 8.63. The number of hydrogen-bond donors (Lipinski definition) is 2. The number of nitrogens with one attached hydrogen (secondary N) is 2. The highest BCUT2D eigenvalue weighted by molar-refractivity contribution is 5.82. The van der Waals surface area contributed by atoms with Gasteiger partial charge < -0.3 is 15.5 Å². The predicted octanol–water partition coefficient (Wildman–Crippen LogP) is 1.78. The van der Waals surface area contributed by atoms with Crippen LogP contribution < -0.4 is 15.5 Å². The van der Waals surface area contributed by atoms with Gasteiger partial charge in [0.25, 0.3) is 0 Å². The van der Waals surface area contributed by atoms with Gasteiger partial charge in [0.15, 0.2) is 0 Å². The van der Waals surface area contributed by atoms with Gasteiger partial charge in [-0.25, -0.2) is 4.39 Å². The molecule has 2 fully saturated rings. The van der Waals surface area contributed by atoms with E-state index in [4.69, 9.17) is 0 Å². The van der Waals surface area contributed by atoms with E-state index >= 15 is 0 Å². The molecule has 24 heavy (non-hydrogen) atoms. The molecule has 0 bridgehead atoms. The van der Waals surface area contributed by atoms with Gasteiger partial charge in [0.05, 0.1) is 11.7 Å². The fourth-order valence-corrected chi connectivity index (χ4v) is 3.61. The second kappa shape index (κ2) is 7.63. The van der Waals surface area contributed by atoms with Crippen molar-refractivity contribution in [2.24, 2.45) is 5.92 Å². The molecule has 0 radical (unpaired) electrons. The van der Waals surface area contributed by atoms with Gasteiger partial charge in [-0.2, -0.15) is 5.26 Å². The minimum absolute atomic E-state index is 0.0573. The Morgan fingerprint density at radius 2 is 2.29 bits per heavy atom. The lowest BCUT2D eigenvalue weighted by molar-refractivity contribution is -0.122. The molecule has 2 saturated heterocycles. The second-order valence-electron chi connectivity index (χ2n) is 6.59. The van der Waals surface area contributed by atoms with Crippen LogP contribution in [0.15, 0.2) is 18.2 Å². The third-order valence-electron chi connectivity index (χ3n) is 4.90. The molecule has 2 aliphatic heterocycles. The molecule has 0 aromatic heterocycles. The molecule has 0 saturated carbocycles. The molecule has 2 N–H and O–H groups in total. The van der Waals surface area contributed by atoms with Crippen molar-refractivity contribution in [1.82, 2.24) is 10.6 Å². The summed E-state index contributed by atoms with van der Waals surface area (Å²) >= 11 is 0. The number of carbonyl (C=O) groups is 1. The van der Waals surface area contributed by atoms with Crippen LogP contribution in [0.2, 0.25) is 0 Å². The second-order valence-corrected chi connectivity index (χ2v) is 6.59. The van der Waals surface area contributed by atoms with E-state index in [0.717, 1.165) is 45.3 Å². The normalized spacial score (nSPS) is 23.8. The van der Waals surface area contributed by atoms with Crippen molar-refractivity contribution in [3.8, 4) is 6.07 Å². The predicted molar refractivity (Wildman–Crippen MR) is 90.1 cm³/mol. The Labute approximate surface area is 141 Å². The standard InChI is InChI=1S/C18H23FN4O/c19-15-5-1-7-17(14(15)10-20)23-9-3-4-13(12-23)11-22-18(24)16-6-2-8-21-16/h1,5,7,13,16,21H,2-4,6,8-9,11-12H2,(H,22,24). The average Bonchev–Trinajstić information content (AvgIpc) is 3.14. The van der Waals surface area contributed by atoms with Gasteiger partial charge >= 0.3 is 0 Å². The number of nitriles is 1. The number of carbonyl (C=O) groups excluding carboxylic acids is 1. The molecule has 5 nitrogen and oxygen atoms in total. The monoisotopic (exact) mass is 330 g/mol. The van der Waals surface area contributed by atoms with Crippen LogP contribution in [0, 0.1) is 23.1 Å². The summed E-state index contributed by atoms with van der Waals surface area (Å²) in [6.07, 6.45) is 3.96. The fourth-order valence-electron chi connectivity index (χ4n) is 3.61. The van der Waals surface area contributed by atoms with E-state index in [1.807, 2.05) is 6.07 Å². The van der Waals surface area contributed by atoms with E-state index in [0.29, 0.717) is 18.2 Å². The topological polar surface area (TPSA) is 68.2 Å². The Balaban J connectivity index is 1.59. The zero-order chi connectivity index (χ0) is 16.9. The number of nitrogens with zero attached hydrogens (tertiary/aromatic N) is 2. The van der Waals surface area contributed by atoms with Gasteiger partial charge in [0, 0.05) is 19.6 Å². The van der Waals surface area contributed by atoms with Crippen LogP contribution >= 0.6 is 0 Å². The highest BCUT2D eigenvalue weighted by Gasteiger charge is 2.26. The van der Waals surface area contributed by atoms with Gasteiger partial charge in [0.1, 0.15) is 17.4 Å². The molecule has 1 amide bonds. The first kappa shape index (κ1) is 16.7. The van der Waals surface area contributed by atoms with Crippen molar-refractivity contribution in [2.45, 2.75) is 31.7 Å². The lowest BCUT2D eigenvalue weighted by Gasteiger charge is -2.35. The number of halogens is 1. The van der Waals surface area contributed by atoms with Crippen LogP contribution in [-0.2, 0) is 4.79 Å². The van der Waals surface area contributed by atoms with Crippen molar-refractivity contribution in [1.29, 1.82) is 5.26 Å². The van der Waals surface area contributed by atoms with Crippen molar-refractivity contribution in [2.75, 3.05) is 31.1 Å². The number of piperidine rings is 1. The maximum Gasteiger partial charge on any atom is 0.237 e. The highest BCUT2D eigenvalue weighted by atomic mass is 19.1. The third-order valence-corrected chi connectivity index (χ3v) is 4.90. The molecule has 2 aliphatic rings. The van der Waals surface area contributed by atoms with Crippen molar-refractivity contribution in [3.63, 3.8) is 0 Å². The smallest absolute Gasteiger partial charge is 0.237 e. The maximum atomic E-state index is 13.8. The molecule has 0 aliphatic carbocycles. The molecule has 1 aromatic rings. The molecular formula is C18H23FN4O. The van der Waals surface area contributed by atoms with E-state index in [1.165, 1.54) is 6.07 Å².